The quantitative estimate of drug-likeness (QED) is 0.707. The Kier molecular flexibility index (Phi) is 7.77. The second-order valence-electron chi connectivity index (χ2n) is 7.16. The molecule has 1 saturated heterocycles. The molecule has 150 valence electrons. The van der Waals surface area contributed by atoms with E-state index in [-0.39, 0.29) is 5.82 Å². The standard InChI is InChI=1S/C22H28FN3OS/c1-18-6-8-21(9-7-18)24-22(28)26(17-19-4-2-5-20(23)16-19)11-3-10-25-12-14-27-15-13-25/h2,4-9,16H,3,10-15,17H2,1H3,(H,24,28). The van der Waals surface area contributed by atoms with Crippen LogP contribution < -0.4 is 5.32 Å². The molecule has 2 aromatic rings. The first-order chi connectivity index (χ1) is 13.6. The molecule has 4 nitrogen and oxygen atoms in total. The molecule has 1 aliphatic rings. The molecule has 0 bridgehead atoms. The molecular weight excluding hydrogens is 373 g/mol. The topological polar surface area (TPSA) is 27.7 Å². The van der Waals surface area contributed by atoms with Crippen molar-refractivity contribution in [3.05, 3.63) is 65.5 Å². The minimum atomic E-state index is -0.219. The highest BCUT2D eigenvalue weighted by atomic mass is 32.1. The molecular formula is C22H28FN3OS. The van der Waals surface area contributed by atoms with Crippen molar-refractivity contribution >= 4 is 23.0 Å². The van der Waals surface area contributed by atoms with Gasteiger partial charge in [0.05, 0.1) is 13.2 Å². The Bertz CT molecular complexity index is 763. The van der Waals surface area contributed by atoms with Crippen LogP contribution in [0.1, 0.15) is 17.5 Å². The number of anilines is 1. The van der Waals surface area contributed by atoms with Gasteiger partial charge in [-0.1, -0.05) is 29.8 Å². The van der Waals surface area contributed by atoms with Crippen molar-refractivity contribution < 1.29 is 9.13 Å². The molecule has 1 aliphatic heterocycles. The largest absolute Gasteiger partial charge is 0.379 e. The normalized spacial score (nSPS) is 14.6. The van der Waals surface area contributed by atoms with E-state index in [1.54, 1.807) is 12.1 Å². The number of hydrogen-bond acceptors (Lipinski definition) is 3. The molecule has 2 aromatic carbocycles. The second kappa shape index (κ2) is 10.5. The van der Waals surface area contributed by atoms with Crippen molar-refractivity contribution in [1.82, 2.24) is 9.80 Å². The van der Waals surface area contributed by atoms with Gasteiger partial charge in [0.15, 0.2) is 5.11 Å². The van der Waals surface area contributed by atoms with E-state index in [0.717, 1.165) is 57.1 Å². The summed E-state index contributed by atoms with van der Waals surface area (Å²) in [6.07, 6.45) is 0.991. The van der Waals surface area contributed by atoms with Crippen LogP contribution in [0.15, 0.2) is 48.5 Å². The van der Waals surface area contributed by atoms with Gasteiger partial charge in [-0.05, 0) is 55.4 Å². The minimum Gasteiger partial charge on any atom is -0.379 e. The fourth-order valence-corrected chi connectivity index (χ4v) is 3.53. The fourth-order valence-electron chi connectivity index (χ4n) is 3.26. The van der Waals surface area contributed by atoms with Crippen molar-refractivity contribution in [2.45, 2.75) is 19.9 Å². The molecule has 1 heterocycles. The van der Waals surface area contributed by atoms with Crippen LogP contribution in [0.3, 0.4) is 0 Å². The highest BCUT2D eigenvalue weighted by Gasteiger charge is 2.14. The maximum absolute atomic E-state index is 13.6. The number of thiocarbonyl (C=S) groups is 1. The highest BCUT2D eigenvalue weighted by molar-refractivity contribution is 7.80. The smallest absolute Gasteiger partial charge is 0.173 e. The van der Waals surface area contributed by atoms with Gasteiger partial charge in [-0.15, -0.1) is 0 Å². The SMILES string of the molecule is Cc1ccc(NC(=S)N(CCCN2CCOCC2)Cc2cccc(F)c2)cc1. The Balaban J connectivity index is 1.62. The molecule has 28 heavy (non-hydrogen) atoms. The first-order valence-corrected chi connectivity index (χ1v) is 10.2. The van der Waals surface area contributed by atoms with E-state index in [0.29, 0.717) is 11.7 Å². The van der Waals surface area contributed by atoms with Crippen molar-refractivity contribution in [3.8, 4) is 0 Å². The predicted molar refractivity (Wildman–Crippen MR) is 116 cm³/mol. The number of ether oxygens (including phenoxy) is 1. The van der Waals surface area contributed by atoms with Crippen molar-refractivity contribution in [3.63, 3.8) is 0 Å². The van der Waals surface area contributed by atoms with Crippen LogP contribution in [0.5, 0.6) is 0 Å². The molecule has 0 spiro atoms. The lowest BCUT2D eigenvalue weighted by molar-refractivity contribution is 0.0368. The van der Waals surface area contributed by atoms with E-state index in [1.807, 2.05) is 18.2 Å². The average Bonchev–Trinajstić information content (AvgIpc) is 2.70. The molecule has 6 heteroatoms. The van der Waals surface area contributed by atoms with E-state index in [4.69, 9.17) is 17.0 Å². The van der Waals surface area contributed by atoms with Crippen molar-refractivity contribution in [2.24, 2.45) is 0 Å². The third kappa shape index (κ3) is 6.55. The van der Waals surface area contributed by atoms with Crippen molar-refractivity contribution in [2.75, 3.05) is 44.7 Å². The van der Waals surface area contributed by atoms with Gasteiger partial charge in [0, 0.05) is 38.4 Å². The molecule has 0 radical (unpaired) electrons. The van der Waals surface area contributed by atoms with Gasteiger partial charge >= 0.3 is 0 Å². The van der Waals surface area contributed by atoms with Gasteiger partial charge in [-0.3, -0.25) is 4.90 Å². The lowest BCUT2D eigenvalue weighted by Gasteiger charge is -2.29. The van der Waals surface area contributed by atoms with Crippen LogP contribution in [0, 0.1) is 12.7 Å². The maximum Gasteiger partial charge on any atom is 0.173 e. The zero-order chi connectivity index (χ0) is 19.8. The summed E-state index contributed by atoms with van der Waals surface area (Å²) in [4.78, 5) is 4.53. The van der Waals surface area contributed by atoms with E-state index in [2.05, 4.69) is 34.2 Å². The summed E-state index contributed by atoms with van der Waals surface area (Å²) in [6.45, 7) is 8.04. The second-order valence-corrected chi connectivity index (χ2v) is 7.54. The molecule has 3 rings (SSSR count). The summed E-state index contributed by atoms with van der Waals surface area (Å²) < 4.78 is 19.0. The van der Waals surface area contributed by atoms with Crippen LogP contribution in [0.2, 0.25) is 0 Å². The average molecular weight is 402 g/mol. The van der Waals surface area contributed by atoms with Gasteiger partial charge in [0.1, 0.15) is 5.82 Å². The van der Waals surface area contributed by atoms with Gasteiger partial charge in [0.2, 0.25) is 0 Å². The number of hydrogen-bond donors (Lipinski definition) is 1. The summed E-state index contributed by atoms with van der Waals surface area (Å²) >= 11 is 5.68. The fraction of sp³-hybridized carbons (Fsp3) is 0.409. The summed E-state index contributed by atoms with van der Waals surface area (Å²) in [5.74, 6) is -0.219. The van der Waals surface area contributed by atoms with E-state index >= 15 is 0 Å². The molecule has 0 amide bonds. The number of nitrogens with one attached hydrogen (secondary N) is 1. The van der Waals surface area contributed by atoms with Crippen LogP contribution >= 0.6 is 12.2 Å². The lowest BCUT2D eigenvalue weighted by Crippen LogP contribution is -2.40. The van der Waals surface area contributed by atoms with E-state index < -0.39 is 0 Å². The number of halogens is 1. The number of morpholine rings is 1. The first-order valence-electron chi connectivity index (χ1n) is 9.77. The lowest BCUT2D eigenvalue weighted by atomic mass is 10.2. The number of nitrogens with zero attached hydrogens (tertiary/aromatic N) is 2. The minimum absolute atomic E-state index is 0.219. The zero-order valence-corrected chi connectivity index (χ0v) is 17.2. The van der Waals surface area contributed by atoms with E-state index in [1.165, 1.54) is 11.6 Å². The monoisotopic (exact) mass is 401 g/mol. The van der Waals surface area contributed by atoms with Crippen molar-refractivity contribution in [1.29, 1.82) is 0 Å². The number of rotatable bonds is 7. The Hall–Kier alpha value is -2.02. The molecule has 0 aliphatic carbocycles. The molecule has 1 fully saturated rings. The molecule has 1 N–H and O–H groups in total. The summed E-state index contributed by atoms with van der Waals surface area (Å²) in [7, 11) is 0. The van der Waals surface area contributed by atoms with Crippen LogP contribution in [-0.2, 0) is 11.3 Å². The van der Waals surface area contributed by atoms with Gasteiger partial charge in [-0.25, -0.2) is 4.39 Å². The molecule has 0 aromatic heterocycles. The highest BCUT2D eigenvalue weighted by Crippen LogP contribution is 2.13. The summed E-state index contributed by atoms with van der Waals surface area (Å²) in [5, 5.41) is 3.98. The van der Waals surface area contributed by atoms with Crippen LogP contribution in [0.25, 0.3) is 0 Å². The Labute approximate surface area is 172 Å². The summed E-state index contributed by atoms with van der Waals surface area (Å²) in [6, 6.07) is 14.9. The third-order valence-corrected chi connectivity index (χ3v) is 5.22. The predicted octanol–water partition coefficient (Wildman–Crippen LogP) is 4.06. The van der Waals surface area contributed by atoms with E-state index in [9.17, 15) is 4.39 Å². The first kappa shape index (κ1) is 20.7. The Morgan fingerprint density at radius 1 is 1.18 bits per heavy atom. The third-order valence-electron chi connectivity index (χ3n) is 4.86. The van der Waals surface area contributed by atoms with Gasteiger partial charge in [-0.2, -0.15) is 0 Å². The number of benzene rings is 2. The molecule has 0 unspecified atom stereocenters. The number of aryl methyl sites for hydroxylation is 1. The van der Waals surface area contributed by atoms with Crippen LogP contribution in [-0.4, -0.2) is 54.3 Å². The van der Waals surface area contributed by atoms with Crippen LogP contribution in [0.4, 0.5) is 10.1 Å². The maximum atomic E-state index is 13.6. The zero-order valence-electron chi connectivity index (χ0n) is 16.4. The Morgan fingerprint density at radius 2 is 1.93 bits per heavy atom. The molecule has 0 atom stereocenters. The Morgan fingerprint density at radius 3 is 2.64 bits per heavy atom. The van der Waals surface area contributed by atoms with Gasteiger partial charge < -0.3 is 15.0 Å². The van der Waals surface area contributed by atoms with Gasteiger partial charge in [0.25, 0.3) is 0 Å². The molecule has 0 saturated carbocycles. The summed E-state index contributed by atoms with van der Waals surface area (Å²) in [5.41, 5.74) is 3.09.